The summed E-state index contributed by atoms with van der Waals surface area (Å²) in [6.07, 6.45) is 2.62. The lowest BCUT2D eigenvalue weighted by Crippen LogP contribution is -2.40. The van der Waals surface area contributed by atoms with E-state index in [-0.39, 0.29) is 11.7 Å². The zero-order chi connectivity index (χ0) is 15.9. The van der Waals surface area contributed by atoms with Crippen LogP contribution in [0.4, 0.5) is 0 Å². The quantitative estimate of drug-likeness (QED) is 0.739. The van der Waals surface area contributed by atoms with Crippen molar-refractivity contribution < 1.29 is 4.79 Å². The van der Waals surface area contributed by atoms with Crippen LogP contribution in [0.25, 0.3) is 0 Å². The van der Waals surface area contributed by atoms with Gasteiger partial charge in [0, 0.05) is 16.5 Å². The summed E-state index contributed by atoms with van der Waals surface area (Å²) < 4.78 is 0. The predicted molar refractivity (Wildman–Crippen MR) is 90.4 cm³/mol. The van der Waals surface area contributed by atoms with Gasteiger partial charge in [0.15, 0.2) is 11.3 Å². The molecule has 2 aromatic carbocycles. The minimum atomic E-state index is -0.750. The molecular formula is C19H17ClN2O. The lowest BCUT2D eigenvalue weighted by atomic mass is 9.74. The summed E-state index contributed by atoms with van der Waals surface area (Å²) in [5, 5.41) is 9.47. The van der Waals surface area contributed by atoms with Gasteiger partial charge >= 0.3 is 0 Å². The number of nitrogens with zero attached hydrogens (tertiary/aromatic N) is 2. The molecule has 0 N–H and O–H groups in total. The smallest absolute Gasteiger partial charge is 0.193 e. The number of carbonyl (C=O) groups is 1. The Morgan fingerprint density at radius 3 is 2.70 bits per heavy atom. The second-order valence-corrected chi connectivity index (χ2v) is 6.73. The molecule has 0 saturated carbocycles. The molecule has 1 spiro atoms. The minimum Gasteiger partial charge on any atom is -0.291 e. The van der Waals surface area contributed by atoms with Crippen LogP contribution in [-0.2, 0) is 6.42 Å². The van der Waals surface area contributed by atoms with Crippen LogP contribution in [0.1, 0.15) is 40.2 Å². The van der Waals surface area contributed by atoms with Crippen molar-refractivity contribution in [2.75, 3.05) is 6.54 Å². The number of azo groups is 1. The molecule has 2 aliphatic rings. The Balaban J connectivity index is 1.80. The Labute approximate surface area is 140 Å². The first-order valence-electron chi connectivity index (χ1n) is 7.97. The zero-order valence-corrected chi connectivity index (χ0v) is 13.5. The summed E-state index contributed by atoms with van der Waals surface area (Å²) in [6.45, 7) is 0.565. The fourth-order valence-electron chi connectivity index (χ4n) is 3.83. The first-order valence-corrected chi connectivity index (χ1v) is 8.35. The van der Waals surface area contributed by atoms with Gasteiger partial charge in [-0.15, -0.1) is 0 Å². The van der Waals surface area contributed by atoms with Gasteiger partial charge in [0.2, 0.25) is 0 Å². The largest absolute Gasteiger partial charge is 0.291 e. The Hall–Kier alpha value is -2.00. The maximum atomic E-state index is 13.3. The number of aryl methyl sites for hydroxylation is 1. The van der Waals surface area contributed by atoms with Gasteiger partial charge < -0.3 is 0 Å². The van der Waals surface area contributed by atoms with E-state index < -0.39 is 5.54 Å². The Morgan fingerprint density at radius 1 is 1.09 bits per heavy atom. The topological polar surface area (TPSA) is 41.8 Å². The van der Waals surface area contributed by atoms with Gasteiger partial charge in [-0.2, -0.15) is 10.2 Å². The highest BCUT2D eigenvalue weighted by Crippen LogP contribution is 2.45. The molecule has 1 aliphatic carbocycles. The number of halogens is 1. The second-order valence-electron chi connectivity index (χ2n) is 6.29. The van der Waals surface area contributed by atoms with Gasteiger partial charge in [0.25, 0.3) is 0 Å². The molecule has 0 saturated heterocycles. The minimum absolute atomic E-state index is 0.00146. The van der Waals surface area contributed by atoms with Gasteiger partial charge in [-0.3, -0.25) is 4.79 Å². The molecule has 2 unspecified atom stereocenters. The summed E-state index contributed by atoms with van der Waals surface area (Å²) >= 11 is 6.00. The lowest BCUT2D eigenvalue weighted by Gasteiger charge is -2.29. The molecular weight excluding hydrogens is 308 g/mol. The molecule has 1 heterocycles. The highest BCUT2D eigenvalue weighted by atomic mass is 35.5. The third-order valence-electron chi connectivity index (χ3n) is 5.02. The van der Waals surface area contributed by atoms with Crippen molar-refractivity contribution in [2.45, 2.75) is 30.7 Å². The number of benzene rings is 2. The van der Waals surface area contributed by atoms with Gasteiger partial charge in [-0.25, -0.2) is 0 Å². The van der Waals surface area contributed by atoms with Crippen molar-refractivity contribution in [1.82, 2.24) is 0 Å². The number of ketones is 1. The second kappa shape index (κ2) is 5.57. The summed E-state index contributed by atoms with van der Waals surface area (Å²) in [6, 6.07) is 15.6. The monoisotopic (exact) mass is 324 g/mol. The van der Waals surface area contributed by atoms with E-state index >= 15 is 0 Å². The van der Waals surface area contributed by atoms with E-state index in [9.17, 15) is 4.79 Å². The van der Waals surface area contributed by atoms with Crippen LogP contribution in [0, 0.1) is 0 Å². The first kappa shape index (κ1) is 14.6. The molecule has 0 bridgehead atoms. The molecule has 4 heteroatoms. The van der Waals surface area contributed by atoms with Crippen molar-refractivity contribution in [1.29, 1.82) is 0 Å². The fourth-order valence-corrected chi connectivity index (χ4v) is 3.95. The SMILES string of the molecule is O=C1c2ccccc2CCCC12N=NCC2c1ccc(Cl)cc1. The van der Waals surface area contributed by atoms with Crippen LogP contribution in [0.15, 0.2) is 58.8 Å². The van der Waals surface area contributed by atoms with Crippen LogP contribution in [0.3, 0.4) is 0 Å². The van der Waals surface area contributed by atoms with E-state index in [0.717, 1.165) is 36.0 Å². The molecule has 0 amide bonds. The van der Waals surface area contributed by atoms with Crippen molar-refractivity contribution in [2.24, 2.45) is 10.2 Å². The summed E-state index contributed by atoms with van der Waals surface area (Å²) in [4.78, 5) is 13.3. The molecule has 116 valence electrons. The van der Waals surface area contributed by atoms with E-state index in [2.05, 4.69) is 16.3 Å². The molecule has 2 aromatic rings. The van der Waals surface area contributed by atoms with Crippen molar-refractivity contribution >= 4 is 17.4 Å². The molecule has 0 radical (unpaired) electrons. The first-order chi connectivity index (χ1) is 11.2. The number of rotatable bonds is 1. The highest BCUT2D eigenvalue weighted by molar-refractivity contribution is 6.30. The number of hydrogen-bond donors (Lipinski definition) is 0. The van der Waals surface area contributed by atoms with E-state index in [0.29, 0.717) is 11.6 Å². The van der Waals surface area contributed by atoms with Gasteiger partial charge in [0.05, 0.1) is 6.54 Å². The predicted octanol–water partition coefficient (Wildman–Crippen LogP) is 4.85. The standard InChI is InChI=1S/C19H17ClN2O/c20-15-9-7-14(8-10-15)17-12-21-22-19(17)11-3-5-13-4-1-2-6-16(13)18(19)23/h1-2,4,6-10,17H,3,5,11-12H2. The van der Waals surface area contributed by atoms with Crippen LogP contribution in [0.2, 0.25) is 5.02 Å². The van der Waals surface area contributed by atoms with E-state index in [1.54, 1.807) is 0 Å². The molecule has 3 nitrogen and oxygen atoms in total. The summed E-state index contributed by atoms with van der Waals surface area (Å²) in [7, 11) is 0. The average molecular weight is 325 g/mol. The molecule has 4 rings (SSSR count). The number of fused-ring (bicyclic) bond motifs is 1. The molecule has 23 heavy (non-hydrogen) atoms. The normalized spacial score (nSPS) is 26.3. The molecule has 0 aromatic heterocycles. The Bertz CT molecular complexity index is 784. The summed E-state index contributed by atoms with van der Waals surface area (Å²) in [5.74, 6) is 0.116. The summed E-state index contributed by atoms with van der Waals surface area (Å²) in [5.41, 5.74) is 2.28. The fraction of sp³-hybridized carbons (Fsp3) is 0.316. The average Bonchev–Trinajstić information content (AvgIpc) is 2.94. The van der Waals surface area contributed by atoms with E-state index in [1.165, 1.54) is 0 Å². The molecule has 1 aliphatic heterocycles. The maximum Gasteiger partial charge on any atom is 0.193 e. The van der Waals surface area contributed by atoms with Crippen LogP contribution < -0.4 is 0 Å². The Morgan fingerprint density at radius 2 is 1.87 bits per heavy atom. The van der Waals surface area contributed by atoms with Gasteiger partial charge in [0.1, 0.15) is 0 Å². The number of hydrogen-bond acceptors (Lipinski definition) is 3. The number of Topliss-reactive ketones (excluding diaryl/α,β-unsaturated/α-hetero) is 1. The number of carbonyl (C=O) groups excluding carboxylic acids is 1. The van der Waals surface area contributed by atoms with Crippen molar-refractivity contribution in [3.8, 4) is 0 Å². The van der Waals surface area contributed by atoms with Gasteiger partial charge in [-0.05, 0) is 42.5 Å². The van der Waals surface area contributed by atoms with Crippen LogP contribution in [-0.4, -0.2) is 17.9 Å². The molecule has 2 atom stereocenters. The van der Waals surface area contributed by atoms with E-state index in [4.69, 9.17) is 11.6 Å². The third kappa shape index (κ3) is 2.31. The lowest BCUT2D eigenvalue weighted by molar-refractivity contribution is 0.0870. The van der Waals surface area contributed by atoms with Gasteiger partial charge in [-0.1, -0.05) is 48.0 Å². The zero-order valence-electron chi connectivity index (χ0n) is 12.7. The molecule has 0 fully saturated rings. The van der Waals surface area contributed by atoms with Crippen molar-refractivity contribution in [3.63, 3.8) is 0 Å². The third-order valence-corrected chi connectivity index (χ3v) is 5.27. The van der Waals surface area contributed by atoms with Crippen LogP contribution >= 0.6 is 11.6 Å². The highest BCUT2D eigenvalue weighted by Gasteiger charge is 2.50. The maximum absolute atomic E-state index is 13.3. The Kier molecular flexibility index (Phi) is 3.53. The van der Waals surface area contributed by atoms with Crippen molar-refractivity contribution in [3.05, 3.63) is 70.2 Å². The van der Waals surface area contributed by atoms with E-state index in [1.807, 2.05) is 42.5 Å². The van der Waals surface area contributed by atoms with Crippen LogP contribution in [0.5, 0.6) is 0 Å².